The molecule has 1 saturated heterocycles. The maximum Gasteiger partial charge on any atom is 0.228 e. The van der Waals surface area contributed by atoms with Crippen LogP contribution >= 0.6 is 12.4 Å². The Bertz CT molecular complexity index is 263. The first kappa shape index (κ1) is 18.7. The molecule has 2 unspecified atom stereocenters. The van der Waals surface area contributed by atoms with E-state index in [1.807, 2.05) is 0 Å². The SMILES string of the molecule is CCC(C)C(C)NC(=O)C1(COC)CCNCC1.Cl. The van der Waals surface area contributed by atoms with Gasteiger partial charge in [-0.2, -0.15) is 0 Å². The van der Waals surface area contributed by atoms with Gasteiger partial charge < -0.3 is 15.4 Å². The summed E-state index contributed by atoms with van der Waals surface area (Å²) in [5.74, 6) is 0.675. The van der Waals surface area contributed by atoms with Crippen LogP contribution in [-0.2, 0) is 9.53 Å². The van der Waals surface area contributed by atoms with Crippen molar-refractivity contribution in [3.05, 3.63) is 0 Å². The molecular formula is C14H29ClN2O2. The molecule has 0 aromatic carbocycles. The van der Waals surface area contributed by atoms with Crippen molar-refractivity contribution in [1.29, 1.82) is 0 Å². The molecule has 5 heteroatoms. The van der Waals surface area contributed by atoms with Gasteiger partial charge in [0.05, 0.1) is 12.0 Å². The predicted octanol–water partition coefficient (Wildman–Crippen LogP) is 1.98. The summed E-state index contributed by atoms with van der Waals surface area (Å²) in [6, 6.07) is 0.228. The fraction of sp³-hybridized carbons (Fsp3) is 0.929. The molecule has 1 aliphatic heterocycles. The van der Waals surface area contributed by atoms with E-state index in [1.165, 1.54) is 0 Å². The van der Waals surface area contributed by atoms with Crippen molar-refractivity contribution < 1.29 is 9.53 Å². The minimum Gasteiger partial charge on any atom is -0.384 e. The largest absolute Gasteiger partial charge is 0.384 e. The minimum absolute atomic E-state index is 0. The van der Waals surface area contributed by atoms with Gasteiger partial charge in [-0.25, -0.2) is 0 Å². The van der Waals surface area contributed by atoms with E-state index >= 15 is 0 Å². The average molecular weight is 293 g/mol. The van der Waals surface area contributed by atoms with Gasteiger partial charge >= 0.3 is 0 Å². The molecule has 2 N–H and O–H groups in total. The van der Waals surface area contributed by atoms with Gasteiger partial charge in [0.1, 0.15) is 0 Å². The normalized spacial score (nSPS) is 21.1. The first-order chi connectivity index (χ1) is 8.55. The zero-order chi connectivity index (χ0) is 13.6. The minimum atomic E-state index is -0.332. The molecule has 0 spiro atoms. The molecule has 1 aliphatic rings. The summed E-state index contributed by atoms with van der Waals surface area (Å²) in [7, 11) is 1.68. The molecule has 0 aliphatic carbocycles. The Morgan fingerprint density at radius 2 is 1.95 bits per heavy atom. The van der Waals surface area contributed by atoms with Gasteiger partial charge in [0.2, 0.25) is 5.91 Å². The van der Waals surface area contributed by atoms with Crippen LogP contribution in [0.3, 0.4) is 0 Å². The van der Waals surface area contributed by atoms with E-state index in [1.54, 1.807) is 7.11 Å². The lowest BCUT2D eigenvalue weighted by molar-refractivity contribution is -0.137. The molecule has 1 fully saturated rings. The number of hydrogen-bond acceptors (Lipinski definition) is 3. The van der Waals surface area contributed by atoms with Crippen molar-refractivity contribution in [2.24, 2.45) is 11.3 Å². The van der Waals surface area contributed by atoms with Crippen molar-refractivity contribution in [2.45, 2.75) is 46.1 Å². The standard InChI is InChI=1S/C14H28N2O2.ClH/c1-5-11(2)12(3)16-13(17)14(10-18-4)6-8-15-9-7-14;/h11-12,15H,5-10H2,1-4H3,(H,16,17);1H. The van der Waals surface area contributed by atoms with Gasteiger partial charge in [-0.3, -0.25) is 4.79 Å². The van der Waals surface area contributed by atoms with Crippen molar-refractivity contribution >= 4 is 18.3 Å². The lowest BCUT2D eigenvalue weighted by Crippen LogP contribution is -2.52. The van der Waals surface area contributed by atoms with Crippen LogP contribution in [0.1, 0.15) is 40.0 Å². The molecule has 0 saturated carbocycles. The number of carbonyl (C=O) groups is 1. The van der Waals surface area contributed by atoms with Crippen LogP contribution in [0.2, 0.25) is 0 Å². The van der Waals surface area contributed by atoms with Gasteiger partial charge in [0, 0.05) is 13.2 Å². The van der Waals surface area contributed by atoms with Crippen LogP contribution in [0.25, 0.3) is 0 Å². The average Bonchev–Trinajstić information content (AvgIpc) is 2.39. The van der Waals surface area contributed by atoms with Gasteiger partial charge in [0.25, 0.3) is 0 Å². The second kappa shape index (κ2) is 8.77. The van der Waals surface area contributed by atoms with Crippen LogP contribution in [0.15, 0.2) is 0 Å². The van der Waals surface area contributed by atoms with Gasteiger partial charge in [-0.15, -0.1) is 12.4 Å². The van der Waals surface area contributed by atoms with Crippen LogP contribution < -0.4 is 10.6 Å². The van der Waals surface area contributed by atoms with E-state index in [9.17, 15) is 4.79 Å². The molecule has 0 radical (unpaired) electrons. The summed E-state index contributed by atoms with van der Waals surface area (Å²) in [6.45, 7) is 8.74. The third-order valence-electron chi connectivity index (χ3n) is 4.32. The van der Waals surface area contributed by atoms with Crippen molar-refractivity contribution in [3.63, 3.8) is 0 Å². The second-order valence-corrected chi connectivity index (χ2v) is 5.61. The Morgan fingerprint density at radius 1 is 1.37 bits per heavy atom. The highest BCUT2D eigenvalue weighted by atomic mass is 35.5. The smallest absolute Gasteiger partial charge is 0.228 e. The number of piperidine rings is 1. The summed E-state index contributed by atoms with van der Waals surface area (Å²) in [4.78, 5) is 12.5. The zero-order valence-corrected chi connectivity index (χ0v) is 13.4. The maximum atomic E-state index is 12.5. The van der Waals surface area contributed by atoms with Crippen molar-refractivity contribution in [2.75, 3.05) is 26.8 Å². The highest BCUT2D eigenvalue weighted by Gasteiger charge is 2.40. The lowest BCUT2D eigenvalue weighted by Gasteiger charge is -2.37. The zero-order valence-electron chi connectivity index (χ0n) is 12.6. The number of nitrogens with one attached hydrogen (secondary N) is 2. The summed E-state index contributed by atoms with van der Waals surface area (Å²) in [5, 5.41) is 6.48. The fourth-order valence-corrected chi connectivity index (χ4v) is 2.47. The van der Waals surface area contributed by atoms with Gasteiger partial charge in [0.15, 0.2) is 0 Å². The first-order valence-electron chi connectivity index (χ1n) is 7.06. The van der Waals surface area contributed by atoms with E-state index in [4.69, 9.17) is 4.74 Å². The third kappa shape index (κ3) is 4.93. The van der Waals surface area contributed by atoms with Crippen molar-refractivity contribution in [3.8, 4) is 0 Å². The molecule has 114 valence electrons. The van der Waals surface area contributed by atoms with Crippen LogP contribution in [0.5, 0.6) is 0 Å². The number of halogens is 1. The molecule has 2 atom stereocenters. The quantitative estimate of drug-likeness (QED) is 0.787. The molecule has 19 heavy (non-hydrogen) atoms. The number of methoxy groups -OCH3 is 1. The summed E-state index contributed by atoms with van der Waals surface area (Å²) >= 11 is 0. The molecule has 0 aromatic rings. The van der Waals surface area contributed by atoms with E-state index in [-0.39, 0.29) is 29.8 Å². The van der Waals surface area contributed by atoms with Crippen LogP contribution in [-0.4, -0.2) is 38.8 Å². The number of amides is 1. The number of rotatable bonds is 6. The lowest BCUT2D eigenvalue weighted by atomic mass is 9.78. The molecule has 0 bridgehead atoms. The van der Waals surface area contributed by atoms with Crippen molar-refractivity contribution in [1.82, 2.24) is 10.6 Å². The molecule has 1 rings (SSSR count). The first-order valence-corrected chi connectivity index (χ1v) is 7.06. The number of carbonyl (C=O) groups excluding carboxylic acids is 1. The summed E-state index contributed by atoms with van der Waals surface area (Å²) < 4.78 is 5.29. The van der Waals surface area contributed by atoms with Gasteiger partial charge in [-0.05, 0) is 38.8 Å². The molecule has 4 nitrogen and oxygen atoms in total. The molecule has 0 aromatic heterocycles. The predicted molar refractivity (Wildman–Crippen MR) is 80.7 cm³/mol. The Hall–Kier alpha value is -0.320. The highest BCUT2D eigenvalue weighted by Crippen LogP contribution is 2.29. The summed E-state index contributed by atoms with van der Waals surface area (Å²) in [5.41, 5.74) is -0.332. The topological polar surface area (TPSA) is 50.4 Å². The van der Waals surface area contributed by atoms with Gasteiger partial charge in [-0.1, -0.05) is 20.3 Å². The highest BCUT2D eigenvalue weighted by molar-refractivity contribution is 5.85. The summed E-state index contributed by atoms with van der Waals surface area (Å²) in [6.07, 6.45) is 2.81. The van der Waals surface area contributed by atoms with E-state index in [2.05, 4.69) is 31.4 Å². The monoisotopic (exact) mass is 292 g/mol. The Labute approximate surface area is 123 Å². The Morgan fingerprint density at radius 3 is 2.42 bits per heavy atom. The van der Waals surface area contributed by atoms with Crippen LogP contribution in [0.4, 0.5) is 0 Å². The molecular weight excluding hydrogens is 264 g/mol. The van der Waals surface area contributed by atoms with E-state index in [0.717, 1.165) is 32.4 Å². The number of hydrogen-bond donors (Lipinski definition) is 2. The maximum absolute atomic E-state index is 12.5. The molecule has 1 amide bonds. The number of ether oxygens (including phenoxy) is 1. The van der Waals surface area contributed by atoms with E-state index in [0.29, 0.717) is 12.5 Å². The second-order valence-electron chi connectivity index (χ2n) is 5.61. The van der Waals surface area contributed by atoms with E-state index < -0.39 is 0 Å². The Kier molecular flexibility index (Phi) is 8.62. The van der Waals surface area contributed by atoms with Crippen LogP contribution in [0, 0.1) is 11.3 Å². The third-order valence-corrected chi connectivity index (χ3v) is 4.32. The molecule has 1 heterocycles. The fourth-order valence-electron chi connectivity index (χ4n) is 2.47. The Balaban J connectivity index is 0.00000324.